The van der Waals surface area contributed by atoms with Gasteiger partial charge >= 0.3 is 0 Å². The number of rotatable bonds is 3. The van der Waals surface area contributed by atoms with Gasteiger partial charge in [-0.3, -0.25) is 4.79 Å². The predicted octanol–water partition coefficient (Wildman–Crippen LogP) is 0.892. The first-order chi connectivity index (χ1) is 7.02. The number of hydrogen-bond donors (Lipinski definition) is 2. The van der Waals surface area contributed by atoms with Crippen molar-refractivity contribution >= 4 is 23.3 Å². The molecule has 6 heteroatoms. The van der Waals surface area contributed by atoms with E-state index in [1.807, 2.05) is 6.07 Å². The molecule has 0 spiro atoms. The molecule has 0 aliphatic rings. The molecule has 0 saturated carbocycles. The van der Waals surface area contributed by atoms with Gasteiger partial charge in [0.1, 0.15) is 17.0 Å². The predicted molar refractivity (Wildman–Crippen MR) is 56.2 cm³/mol. The van der Waals surface area contributed by atoms with Gasteiger partial charge in [-0.05, 0) is 19.1 Å². The van der Waals surface area contributed by atoms with Gasteiger partial charge in [0, 0.05) is 0 Å². The average Bonchev–Trinajstić information content (AvgIpc) is 2.16. The first-order valence-corrected chi connectivity index (χ1v) is 4.54. The maximum atomic E-state index is 10.8. The molecule has 15 heavy (non-hydrogen) atoms. The van der Waals surface area contributed by atoms with E-state index in [9.17, 15) is 4.79 Å². The number of nitrogens with zero attached hydrogens (tertiary/aromatic N) is 2. The molecule has 0 saturated heterocycles. The fourth-order valence-corrected chi connectivity index (χ4v) is 1.14. The molecule has 0 aromatic carbocycles. The molecule has 0 fully saturated rings. The maximum absolute atomic E-state index is 10.8. The first kappa shape index (κ1) is 11.3. The van der Waals surface area contributed by atoms with E-state index < -0.39 is 11.9 Å². The van der Waals surface area contributed by atoms with E-state index in [1.165, 1.54) is 12.1 Å². The van der Waals surface area contributed by atoms with E-state index >= 15 is 0 Å². The standard InChI is InChI=1S/C9H9ClN4O/c1-5(9(12)15)13-8-3-6(4-11)2-7(10)14-8/h2-3,5H,1H3,(H2,12,15)(H,13,14). The number of aromatic nitrogens is 1. The van der Waals surface area contributed by atoms with Crippen molar-refractivity contribution in [3.8, 4) is 6.07 Å². The van der Waals surface area contributed by atoms with E-state index in [1.54, 1.807) is 6.92 Å². The lowest BCUT2D eigenvalue weighted by atomic mass is 10.2. The van der Waals surface area contributed by atoms with Crippen LogP contribution in [0.25, 0.3) is 0 Å². The second-order valence-electron chi connectivity index (χ2n) is 2.94. The molecule has 3 N–H and O–H groups in total. The van der Waals surface area contributed by atoms with Crippen LogP contribution in [-0.4, -0.2) is 16.9 Å². The Bertz CT molecular complexity index is 427. The van der Waals surface area contributed by atoms with Crippen LogP contribution >= 0.6 is 11.6 Å². The zero-order chi connectivity index (χ0) is 11.4. The van der Waals surface area contributed by atoms with Crippen molar-refractivity contribution < 1.29 is 4.79 Å². The van der Waals surface area contributed by atoms with Gasteiger partial charge in [-0.1, -0.05) is 11.6 Å². The highest BCUT2D eigenvalue weighted by Gasteiger charge is 2.09. The van der Waals surface area contributed by atoms with E-state index in [-0.39, 0.29) is 5.15 Å². The Kier molecular flexibility index (Phi) is 3.47. The molecule has 1 aromatic rings. The minimum atomic E-state index is -0.567. The Morgan fingerprint density at radius 2 is 2.40 bits per heavy atom. The van der Waals surface area contributed by atoms with Crippen LogP contribution in [-0.2, 0) is 4.79 Å². The number of anilines is 1. The van der Waals surface area contributed by atoms with Crippen LogP contribution in [0.15, 0.2) is 12.1 Å². The fraction of sp³-hybridized carbons (Fsp3) is 0.222. The van der Waals surface area contributed by atoms with Gasteiger partial charge < -0.3 is 11.1 Å². The van der Waals surface area contributed by atoms with E-state index in [0.717, 1.165) is 0 Å². The smallest absolute Gasteiger partial charge is 0.239 e. The van der Waals surface area contributed by atoms with Gasteiger partial charge in [-0.15, -0.1) is 0 Å². The minimum absolute atomic E-state index is 0.188. The third-order valence-corrected chi connectivity index (χ3v) is 1.91. The minimum Gasteiger partial charge on any atom is -0.368 e. The highest BCUT2D eigenvalue weighted by atomic mass is 35.5. The van der Waals surface area contributed by atoms with Gasteiger partial charge in [0.15, 0.2) is 0 Å². The molecule has 0 aliphatic carbocycles. The molecule has 1 rings (SSSR count). The molecule has 5 nitrogen and oxygen atoms in total. The zero-order valence-corrected chi connectivity index (χ0v) is 8.75. The lowest BCUT2D eigenvalue weighted by molar-refractivity contribution is -0.118. The van der Waals surface area contributed by atoms with Crippen LogP contribution in [0.3, 0.4) is 0 Å². The fourth-order valence-electron chi connectivity index (χ4n) is 0.928. The molecule has 78 valence electrons. The monoisotopic (exact) mass is 224 g/mol. The molecule has 0 radical (unpaired) electrons. The molecular formula is C9H9ClN4O. The summed E-state index contributed by atoms with van der Waals surface area (Å²) in [4.78, 5) is 14.7. The number of nitriles is 1. The highest BCUT2D eigenvalue weighted by Crippen LogP contribution is 2.14. The summed E-state index contributed by atoms with van der Waals surface area (Å²) in [5.41, 5.74) is 5.43. The number of nitrogens with two attached hydrogens (primary N) is 1. The molecule has 0 aliphatic heterocycles. The Morgan fingerprint density at radius 1 is 1.73 bits per heavy atom. The summed E-state index contributed by atoms with van der Waals surface area (Å²) in [7, 11) is 0. The summed E-state index contributed by atoms with van der Waals surface area (Å²) in [6.45, 7) is 1.59. The van der Waals surface area contributed by atoms with E-state index in [4.69, 9.17) is 22.6 Å². The molecular weight excluding hydrogens is 216 g/mol. The van der Waals surface area contributed by atoms with Gasteiger partial charge in [-0.2, -0.15) is 5.26 Å². The summed E-state index contributed by atoms with van der Waals surface area (Å²) in [5.74, 6) is -0.152. The Labute approximate surface area is 91.9 Å². The first-order valence-electron chi connectivity index (χ1n) is 4.16. The lowest BCUT2D eigenvalue weighted by Gasteiger charge is -2.10. The number of carbonyl (C=O) groups is 1. The van der Waals surface area contributed by atoms with Crippen molar-refractivity contribution in [3.05, 3.63) is 22.8 Å². The number of hydrogen-bond acceptors (Lipinski definition) is 4. The highest BCUT2D eigenvalue weighted by molar-refractivity contribution is 6.29. The normalized spacial score (nSPS) is 11.5. The Hall–Kier alpha value is -1.80. The number of amides is 1. The second kappa shape index (κ2) is 4.62. The molecule has 1 aromatic heterocycles. The van der Waals surface area contributed by atoms with Gasteiger partial charge in [0.05, 0.1) is 11.6 Å². The summed E-state index contributed by atoms with van der Waals surface area (Å²) < 4.78 is 0. The Balaban J connectivity index is 2.91. The second-order valence-corrected chi connectivity index (χ2v) is 3.33. The molecule has 1 unspecified atom stereocenters. The quantitative estimate of drug-likeness (QED) is 0.746. The summed E-state index contributed by atoms with van der Waals surface area (Å²) in [5, 5.41) is 11.6. The van der Waals surface area contributed by atoms with Crippen molar-refractivity contribution in [3.63, 3.8) is 0 Å². The lowest BCUT2D eigenvalue weighted by Crippen LogP contribution is -2.32. The van der Waals surface area contributed by atoms with Crippen LogP contribution in [0.5, 0.6) is 0 Å². The van der Waals surface area contributed by atoms with Crippen LogP contribution in [0.4, 0.5) is 5.82 Å². The van der Waals surface area contributed by atoms with Crippen molar-refractivity contribution in [1.29, 1.82) is 5.26 Å². The molecule has 1 heterocycles. The van der Waals surface area contributed by atoms with Gasteiger partial charge in [0.25, 0.3) is 0 Å². The van der Waals surface area contributed by atoms with Crippen molar-refractivity contribution in [1.82, 2.24) is 4.98 Å². The van der Waals surface area contributed by atoms with Crippen LogP contribution < -0.4 is 11.1 Å². The zero-order valence-electron chi connectivity index (χ0n) is 7.99. The summed E-state index contributed by atoms with van der Waals surface area (Å²) >= 11 is 5.67. The third kappa shape index (κ3) is 3.11. The number of primary amides is 1. The summed E-state index contributed by atoms with van der Waals surface area (Å²) in [6, 6.07) is 4.29. The van der Waals surface area contributed by atoms with Crippen molar-refractivity contribution in [2.24, 2.45) is 5.73 Å². The van der Waals surface area contributed by atoms with E-state index in [0.29, 0.717) is 11.4 Å². The van der Waals surface area contributed by atoms with Gasteiger partial charge in [0.2, 0.25) is 5.91 Å². The van der Waals surface area contributed by atoms with Crippen molar-refractivity contribution in [2.75, 3.05) is 5.32 Å². The number of halogens is 1. The van der Waals surface area contributed by atoms with Crippen LogP contribution in [0, 0.1) is 11.3 Å². The maximum Gasteiger partial charge on any atom is 0.239 e. The van der Waals surface area contributed by atoms with Gasteiger partial charge in [-0.25, -0.2) is 4.98 Å². The number of nitrogens with one attached hydrogen (secondary N) is 1. The molecule has 0 bridgehead atoms. The number of pyridine rings is 1. The van der Waals surface area contributed by atoms with E-state index in [2.05, 4.69) is 10.3 Å². The van der Waals surface area contributed by atoms with Crippen LogP contribution in [0.2, 0.25) is 5.15 Å². The molecule has 1 amide bonds. The SMILES string of the molecule is CC(Nc1cc(C#N)cc(Cl)n1)C(N)=O. The largest absolute Gasteiger partial charge is 0.368 e. The summed E-state index contributed by atoms with van der Waals surface area (Å²) in [6.07, 6.45) is 0. The molecule has 1 atom stereocenters. The third-order valence-electron chi connectivity index (χ3n) is 1.71. The average molecular weight is 225 g/mol. The topological polar surface area (TPSA) is 91.8 Å². The van der Waals surface area contributed by atoms with Crippen molar-refractivity contribution in [2.45, 2.75) is 13.0 Å². The Morgan fingerprint density at radius 3 is 2.93 bits per heavy atom. The van der Waals surface area contributed by atoms with Crippen LogP contribution in [0.1, 0.15) is 12.5 Å². The number of carbonyl (C=O) groups excluding carboxylic acids is 1.